The van der Waals surface area contributed by atoms with Gasteiger partial charge in [0.25, 0.3) is 0 Å². The lowest BCUT2D eigenvalue weighted by Crippen LogP contribution is -2.05. The maximum atomic E-state index is 5.83. The summed E-state index contributed by atoms with van der Waals surface area (Å²) in [6.45, 7) is 13.8. The molecule has 176 valence electrons. The quantitative estimate of drug-likeness (QED) is 0.423. The molecule has 5 heteroatoms. The van der Waals surface area contributed by atoms with Crippen LogP contribution in [0.15, 0.2) is 52.9 Å². The Morgan fingerprint density at radius 3 is 2.22 bits per heavy atom. The second-order valence-electron chi connectivity index (χ2n) is 7.73. The van der Waals surface area contributed by atoms with Gasteiger partial charge in [-0.1, -0.05) is 58.9 Å². The second-order valence-corrected chi connectivity index (χ2v) is 7.73. The average Bonchev–Trinajstić information content (AvgIpc) is 3.16. The van der Waals surface area contributed by atoms with E-state index in [0.717, 1.165) is 41.0 Å². The number of para-hydroxylation sites is 1. The molecule has 3 aromatic rings. The lowest BCUT2D eigenvalue weighted by atomic mass is 10.2. The van der Waals surface area contributed by atoms with Crippen LogP contribution in [0, 0.1) is 12.8 Å². The molecule has 0 unspecified atom stereocenters. The molecular weight excluding hydrogens is 400 g/mol. The van der Waals surface area contributed by atoms with Gasteiger partial charge in [-0.05, 0) is 49.7 Å². The first-order valence-electron chi connectivity index (χ1n) is 11.4. The van der Waals surface area contributed by atoms with Crippen LogP contribution in [-0.4, -0.2) is 25.7 Å². The molecule has 2 aromatic carbocycles. The zero-order chi connectivity index (χ0) is 23.9. The summed E-state index contributed by atoms with van der Waals surface area (Å²) < 4.78 is 17.1. The van der Waals surface area contributed by atoms with Crippen LogP contribution in [0.2, 0.25) is 0 Å². The van der Waals surface area contributed by atoms with Gasteiger partial charge in [-0.25, -0.2) is 4.98 Å². The standard InChI is InChI=1S/C21H24N2O3.C4H10.C2H6/c1-15-19(12-13-25-17-10-8-16(9-11-17)14-22-2)23-21(26-15)18-6-4-5-7-20(18)24-3;1-4(2)3;1-2/h4-11,22H,12-14H2,1-3H3;4H,1-3H3;1-2H3. The Hall–Kier alpha value is -2.79. The smallest absolute Gasteiger partial charge is 0.230 e. The van der Waals surface area contributed by atoms with Crippen molar-refractivity contribution >= 4 is 0 Å². The van der Waals surface area contributed by atoms with Gasteiger partial charge in [-0.3, -0.25) is 0 Å². The molecule has 0 bridgehead atoms. The molecule has 0 aliphatic carbocycles. The Morgan fingerprint density at radius 1 is 1.00 bits per heavy atom. The number of hydrogen-bond acceptors (Lipinski definition) is 5. The number of rotatable bonds is 8. The summed E-state index contributed by atoms with van der Waals surface area (Å²) in [6, 6.07) is 15.8. The van der Waals surface area contributed by atoms with Crippen LogP contribution in [0.5, 0.6) is 11.5 Å². The molecule has 0 radical (unpaired) electrons. The minimum Gasteiger partial charge on any atom is -0.496 e. The fourth-order valence-electron chi connectivity index (χ4n) is 2.77. The second kappa shape index (κ2) is 15.1. The number of ether oxygens (including phenoxy) is 2. The van der Waals surface area contributed by atoms with Gasteiger partial charge in [0.1, 0.15) is 17.3 Å². The Bertz CT molecular complexity index is 883. The van der Waals surface area contributed by atoms with Gasteiger partial charge < -0.3 is 19.2 Å². The van der Waals surface area contributed by atoms with E-state index in [4.69, 9.17) is 13.9 Å². The van der Waals surface area contributed by atoms with Gasteiger partial charge >= 0.3 is 0 Å². The summed E-state index contributed by atoms with van der Waals surface area (Å²) in [5, 5.41) is 3.13. The molecule has 0 atom stereocenters. The number of aryl methyl sites for hydroxylation is 1. The number of nitrogens with one attached hydrogen (secondary N) is 1. The van der Waals surface area contributed by atoms with Crippen molar-refractivity contribution in [3.05, 3.63) is 65.5 Å². The number of nitrogens with zero attached hydrogens (tertiary/aromatic N) is 1. The average molecular weight is 441 g/mol. The number of methoxy groups -OCH3 is 1. The van der Waals surface area contributed by atoms with Crippen molar-refractivity contribution in [2.75, 3.05) is 20.8 Å². The highest BCUT2D eigenvalue weighted by atomic mass is 16.5. The lowest BCUT2D eigenvalue weighted by Gasteiger charge is -2.06. The highest BCUT2D eigenvalue weighted by Crippen LogP contribution is 2.30. The molecule has 0 fully saturated rings. The van der Waals surface area contributed by atoms with Crippen LogP contribution in [-0.2, 0) is 13.0 Å². The minimum absolute atomic E-state index is 0.546. The van der Waals surface area contributed by atoms with E-state index in [2.05, 4.69) is 43.2 Å². The van der Waals surface area contributed by atoms with Gasteiger partial charge in [0.15, 0.2) is 0 Å². The van der Waals surface area contributed by atoms with E-state index in [1.807, 2.05) is 64.2 Å². The summed E-state index contributed by atoms with van der Waals surface area (Å²) in [5.74, 6) is 3.82. The van der Waals surface area contributed by atoms with Gasteiger partial charge in [-0.15, -0.1) is 0 Å². The third kappa shape index (κ3) is 9.15. The van der Waals surface area contributed by atoms with E-state index in [9.17, 15) is 0 Å². The third-order valence-corrected chi connectivity index (χ3v) is 4.14. The molecule has 0 saturated carbocycles. The summed E-state index contributed by atoms with van der Waals surface area (Å²) in [6.07, 6.45) is 0.683. The zero-order valence-electron chi connectivity index (χ0n) is 21.0. The summed E-state index contributed by atoms with van der Waals surface area (Å²) >= 11 is 0. The van der Waals surface area contributed by atoms with Crippen molar-refractivity contribution in [2.24, 2.45) is 5.92 Å². The monoisotopic (exact) mass is 440 g/mol. The first-order valence-corrected chi connectivity index (χ1v) is 11.4. The van der Waals surface area contributed by atoms with Crippen LogP contribution >= 0.6 is 0 Å². The molecule has 5 nitrogen and oxygen atoms in total. The van der Waals surface area contributed by atoms with Crippen LogP contribution in [0.1, 0.15) is 51.6 Å². The largest absolute Gasteiger partial charge is 0.496 e. The third-order valence-electron chi connectivity index (χ3n) is 4.14. The zero-order valence-corrected chi connectivity index (χ0v) is 21.0. The van der Waals surface area contributed by atoms with Crippen LogP contribution < -0.4 is 14.8 Å². The first kappa shape index (κ1) is 27.2. The van der Waals surface area contributed by atoms with E-state index in [1.165, 1.54) is 5.56 Å². The molecule has 0 aliphatic heterocycles. The van der Waals surface area contributed by atoms with Gasteiger partial charge in [0.2, 0.25) is 5.89 Å². The van der Waals surface area contributed by atoms with E-state index in [-0.39, 0.29) is 0 Å². The molecule has 3 rings (SSSR count). The highest BCUT2D eigenvalue weighted by molar-refractivity contribution is 5.62. The number of hydrogen-bond donors (Lipinski definition) is 1. The molecule has 32 heavy (non-hydrogen) atoms. The van der Waals surface area contributed by atoms with Crippen molar-refractivity contribution in [1.29, 1.82) is 0 Å². The summed E-state index contributed by atoms with van der Waals surface area (Å²) in [7, 11) is 3.58. The lowest BCUT2D eigenvalue weighted by molar-refractivity contribution is 0.320. The maximum Gasteiger partial charge on any atom is 0.230 e. The Kier molecular flexibility index (Phi) is 12.8. The van der Waals surface area contributed by atoms with Gasteiger partial charge in [0.05, 0.1) is 25.0 Å². The molecule has 0 saturated heterocycles. The summed E-state index contributed by atoms with van der Waals surface area (Å²) in [5.41, 5.74) is 2.98. The molecule has 1 N–H and O–H groups in total. The predicted molar refractivity (Wildman–Crippen MR) is 133 cm³/mol. The molecule has 0 amide bonds. The first-order chi connectivity index (χ1) is 15.4. The van der Waals surface area contributed by atoms with Crippen LogP contribution in [0.3, 0.4) is 0 Å². The fourth-order valence-corrected chi connectivity index (χ4v) is 2.77. The molecule has 1 heterocycles. The summed E-state index contributed by atoms with van der Waals surface area (Å²) in [4.78, 5) is 4.62. The Labute approximate surface area is 194 Å². The molecule has 1 aromatic heterocycles. The number of aromatic nitrogens is 1. The van der Waals surface area contributed by atoms with Crippen molar-refractivity contribution in [3.8, 4) is 23.0 Å². The Morgan fingerprint density at radius 2 is 1.62 bits per heavy atom. The van der Waals surface area contributed by atoms with Crippen molar-refractivity contribution in [2.45, 2.75) is 54.5 Å². The molecule has 0 aliphatic rings. The fraction of sp³-hybridized carbons (Fsp3) is 0.444. The van der Waals surface area contributed by atoms with E-state index >= 15 is 0 Å². The van der Waals surface area contributed by atoms with Crippen LogP contribution in [0.4, 0.5) is 0 Å². The Balaban J connectivity index is 0.000000769. The van der Waals surface area contributed by atoms with E-state index in [0.29, 0.717) is 18.9 Å². The van der Waals surface area contributed by atoms with Crippen molar-refractivity contribution in [3.63, 3.8) is 0 Å². The minimum atomic E-state index is 0.546. The highest BCUT2D eigenvalue weighted by Gasteiger charge is 2.14. The molecule has 0 spiro atoms. The van der Waals surface area contributed by atoms with E-state index in [1.54, 1.807) is 7.11 Å². The topological polar surface area (TPSA) is 56.5 Å². The maximum absolute atomic E-state index is 5.83. The van der Waals surface area contributed by atoms with Crippen molar-refractivity contribution < 1.29 is 13.9 Å². The van der Waals surface area contributed by atoms with Gasteiger partial charge in [-0.2, -0.15) is 0 Å². The van der Waals surface area contributed by atoms with Gasteiger partial charge in [0, 0.05) is 13.0 Å². The normalized spacial score (nSPS) is 10.0. The number of benzene rings is 2. The molecular formula is C27H40N2O3. The number of oxazole rings is 1. The SMILES string of the molecule is CC.CC(C)C.CNCc1ccc(OCCc2nc(-c3ccccc3OC)oc2C)cc1. The van der Waals surface area contributed by atoms with E-state index < -0.39 is 0 Å². The van der Waals surface area contributed by atoms with Crippen LogP contribution in [0.25, 0.3) is 11.5 Å². The predicted octanol–water partition coefficient (Wildman–Crippen LogP) is 6.69. The van der Waals surface area contributed by atoms with Crippen molar-refractivity contribution in [1.82, 2.24) is 10.3 Å².